The van der Waals surface area contributed by atoms with E-state index in [9.17, 15) is 0 Å². The molecule has 0 unspecified atom stereocenters. The SMILES string of the molecule is Clc1nc2nc(n1)Oc1ccc3c(c1)C1c4ccccc4C3c3ccc(cc31)Oc1nc(Cl)nc(n1)Oc1ccc3c(c1)C1c4ccccc4C3c3ccc(cc31)O2. The first-order valence-corrected chi connectivity index (χ1v) is 19.5. The van der Waals surface area contributed by atoms with Gasteiger partial charge in [-0.3, -0.25) is 0 Å². The van der Waals surface area contributed by atoms with Crippen molar-refractivity contribution in [3.8, 4) is 47.0 Å². The van der Waals surface area contributed by atoms with Crippen molar-refractivity contribution in [2.24, 2.45) is 0 Å². The van der Waals surface area contributed by atoms with Crippen LogP contribution in [0.4, 0.5) is 0 Å². The summed E-state index contributed by atoms with van der Waals surface area (Å²) in [4.78, 5) is 26.4. The standard InChI is InChI=1S/C46H24Cl2N6O4/c47-41-49-43-53-45(51-41)57-23-11-15-31-35(19-23)40-28-8-4-2-6-26(28)38(31)32-16-12-24(20-36(32)40)58-46-52-42(48)50-44(54-46)56-22-10-14-30-34(18-22)39-27-7-3-1-5-25(27)37(30)29-13-9-21(55-43)17-33(29)39/h1-20,37-40H. The fraction of sp³-hybridized carbons (Fsp3) is 0.0870. The van der Waals surface area contributed by atoms with Crippen molar-refractivity contribution in [2.75, 3.05) is 0 Å². The van der Waals surface area contributed by atoms with Crippen LogP contribution in [0.3, 0.4) is 0 Å². The third-order valence-electron chi connectivity index (χ3n) is 11.9. The minimum Gasteiger partial charge on any atom is -0.424 e. The van der Waals surface area contributed by atoms with Crippen molar-refractivity contribution in [2.45, 2.75) is 23.7 Å². The molecule has 6 aromatic carbocycles. The number of benzene rings is 6. The normalized spacial score (nSPS) is 19.1. The van der Waals surface area contributed by atoms with Gasteiger partial charge in [-0.1, -0.05) is 72.8 Å². The van der Waals surface area contributed by atoms with E-state index < -0.39 is 0 Å². The van der Waals surface area contributed by atoms with Crippen LogP contribution in [-0.2, 0) is 0 Å². The first-order valence-electron chi connectivity index (χ1n) is 18.8. The summed E-state index contributed by atoms with van der Waals surface area (Å²) in [5.74, 6) is 2.00. The molecule has 8 aromatic rings. The average molecular weight is 796 g/mol. The Morgan fingerprint density at radius 3 is 0.810 bits per heavy atom. The Labute approximate surface area is 340 Å². The van der Waals surface area contributed by atoms with Gasteiger partial charge < -0.3 is 18.9 Å². The zero-order chi connectivity index (χ0) is 38.2. The molecule has 12 heteroatoms. The van der Waals surface area contributed by atoms with Gasteiger partial charge in [-0.2, -0.15) is 19.9 Å². The zero-order valence-corrected chi connectivity index (χ0v) is 31.4. The number of ether oxygens (including phenoxy) is 4. The van der Waals surface area contributed by atoms with E-state index in [4.69, 9.17) is 42.1 Å². The van der Waals surface area contributed by atoms with Crippen LogP contribution in [-0.4, -0.2) is 29.9 Å². The molecular formula is C46H24Cl2N6O4. The number of rotatable bonds is 0. The van der Waals surface area contributed by atoms with E-state index in [0.717, 1.165) is 22.3 Å². The van der Waals surface area contributed by atoms with Crippen LogP contribution in [0, 0.1) is 0 Å². The van der Waals surface area contributed by atoms with Gasteiger partial charge in [0.25, 0.3) is 0 Å². The maximum atomic E-state index is 6.48. The molecule has 0 radical (unpaired) electrons. The van der Waals surface area contributed by atoms with Gasteiger partial charge in [-0.15, -0.1) is 9.97 Å². The molecule has 6 aliphatic carbocycles. The zero-order valence-electron chi connectivity index (χ0n) is 29.9. The molecule has 0 N–H and O–H groups in total. The molecule has 0 saturated carbocycles. The lowest BCUT2D eigenvalue weighted by molar-refractivity contribution is 0.396. The van der Waals surface area contributed by atoms with E-state index >= 15 is 0 Å². The van der Waals surface area contributed by atoms with Gasteiger partial charge in [0.05, 0.1) is 0 Å². The van der Waals surface area contributed by atoms with Gasteiger partial charge in [0.15, 0.2) is 0 Å². The highest BCUT2D eigenvalue weighted by Gasteiger charge is 2.43. The van der Waals surface area contributed by atoms with E-state index in [-0.39, 0.29) is 58.3 Å². The predicted molar refractivity (Wildman–Crippen MR) is 212 cm³/mol. The second-order valence-electron chi connectivity index (χ2n) is 14.9. The lowest BCUT2D eigenvalue weighted by Gasteiger charge is -2.42. The summed E-state index contributed by atoms with van der Waals surface area (Å²) in [5.41, 5.74) is 14.2. The largest absolute Gasteiger partial charge is 0.424 e. The van der Waals surface area contributed by atoms with E-state index in [1.807, 2.05) is 48.5 Å². The summed E-state index contributed by atoms with van der Waals surface area (Å²) < 4.78 is 25.3. The Bertz CT molecular complexity index is 2760. The molecule has 0 amide bonds. The second-order valence-corrected chi connectivity index (χ2v) is 15.6. The Morgan fingerprint density at radius 2 is 0.534 bits per heavy atom. The number of nitrogens with zero attached hydrogens (tertiary/aromatic N) is 6. The highest BCUT2D eigenvalue weighted by Crippen LogP contribution is 2.58. The minimum absolute atomic E-state index is 0.00852. The van der Waals surface area contributed by atoms with Crippen LogP contribution in [0.25, 0.3) is 0 Å². The predicted octanol–water partition coefficient (Wildman–Crippen LogP) is 10.8. The molecule has 10 nitrogen and oxygen atoms in total. The quantitative estimate of drug-likeness (QED) is 0.147. The van der Waals surface area contributed by atoms with Crippen molar-refractivity contribution in [1.29, 1.82) is 0 Å². The molecular weight excluding hydrogens is 771 g/mol. The maximum absolute atomic E-state index is 6.48. The summed E-state index contributed by atoms with van der Waals surface area (Å²) in [7, 11) is 0. The van der Waals surface area contributed by atoms with Crippen LogP contribution in [0.5, 0.6) is 47.0 Å². The second kappa shape index (κ2) is 11.8. The van der Waals surface area contributed by atoms with E-state index in [1.54, 1.807) is 0 Å². The van der Waals surface area contributed by atoms with Crippen LogP contribution < -0.4 is 18.9 Å². The molecule has 3 heterocycles. The number of halogens is 2. The first-order chi connectivity index (χ1) is 28.5. The number of fused-ring (bicyclic) bond motifs is 8. The Balaban J connectivity index is 0.982. The molecule has 16 bridgehead atoms. The van der Waals surface area contributed by atoms with E-state index in [2.05, 4.69) is 103 Å². The van der Waals surface area contributed by atoms with E-state index in [0.29, 0.717) is 23.0 Å². The minimum atomic E-state index is -0.111. The Hall–Kier alpha value is -6.88. The summed E-state index contributed by atoms with van der Waals surface area (Å²) in [6.07, 6.45) is 0. The molecule has 58 heavy (non-hydrogen) atoms. The third-order valence-corrected chi connectivity index (χ3v) is 12.3. The van der Waals surface area contributed by atoms with Crippen molar-refractivity contribution in [3.05, 3.63) is 199 Å². The maximum Gasteiger partial charge on any atom is 0.329 e. The Kier molecular flexibility index (Phi) is 6.57. The van der Waals surface area contributed by atoms with Gasteiger partial charge in [-0.05, 0) is 138 Å². The molecule has 276 valence electrons. The molecule has 0 atom stereocenters. The molecule has 1 aliphatic heterocycles. The van der Waals surface area contributed by atoms with Crippen LogP contribution >= 0.6 is 23.2 Å². The number of hydrogen-bond donors (Lipinski definition) is 0. The van der Waals surface area contributed by atoms with Gasteiger partial charge in [0.1, 0.15) is 23.0 Å². The first kappa shape index (κ1) is 32.2. The van der Waals surface area contributed by atoms with Gasteiger partial charge in [-0.25, -0.2) is 0 Å². The fourth-order valence-electron chi connectivity index (χ4n) is 9.83. The summed E-state index contributed by atoms with van der Waals surface area (Å²) in [6, 6.07) is 41.5. The molecule has 0 spiro atoms. The third kappa shape index (κ3) is 4.73. The van der Waals surface area contributed by atoms with Gasteiger partial charge >= 0.3 is 24.0 Å². The molecule has 15 rings (SSSR count). The summed E-state index contributed by atoms with van der Waals surface area (Å²) >= 11 is 13.0. The van der Waals surface area contributed by atoms with Crippen LogP contribution in [0.15, 0.2) is 121 Å². The highest BCUT2D eigenvalue weighted by molar-refractivity contribution is 6.28. The van der Waals surface area contributed by atoms with Crippen molar-refractivity contribution >= 4 is 23.2 Å². The van der Waals surface area contributed by atoms with Crippen molar-refractivity contribution in [3.63, 3.8) is 0 Å². The van der Waals surface area contributed by atoms with Gasteiger partial charge in [0, 0.05) is 23.7 Å². The fourth-order valence-corrected chi connectivity index (χ4v) is 10.1. The molecule has 7 aliphatic rings. The smallest absolute Gasteiger partial charge is 0.329 e. The van der Waals surface area contributed by atoms with Gasteiger partial charge in [0.2, 0.25) is 10.6 Å². The van der Waals surface area contributed by atoms with Crippen LogP contribution in [0.1, 0.15) is 90.4 Å². The molecule has 0 saturated heterocycles. The number of aromatic nitrogens is 6. The average Bonchev–Trinajstić information content (AvgIpc) is 3.22. The van der Waals surface area contributed by atoms with Crippen molar-refractivity contribution < 1.29 is 18.9 Å². The lowest BCUT2D eigenvalue weighted by Crippen LogP contribution is -2.27. The summed E-state index contributed by atoms with van der Waals surface area (Å²) in [6.45, 7) is 0. The monoisotopic (exact) mass is 794 g/mol. The van der Waals surface area contributed by atoms with Crippen molar-refractivity contribution in [1.82, 2.24) is 29.9 Å². The Morgan fingerprint density at radius 1 is 0.293 bits per heavy atom. The topological polar surface area (TPSA) is 114 Å². The molecule has 2 aromatic heterocycles. The number of hydrogen-bond acceptors (Lipinski definition) is 10. The lowest BCUT2D eigenvalue weighted by atomic mass is 9.61. The highest BCUT2D eigenvalue weighted by atomic mass is 35.5. The molecule has 0 fully saturated rings. The van der Waals surface area contributed by atoms with E-state index in [1.165, 1.54) is 44.5 Å². The summed E-state index contributed by atoms with van der Waals surface area (Å²) in [5, 5.41) is -0.100. The van der Waals surface area contributed by atoms with Crippen LogP contribution in [0.2, 0.25) is 10.6 Å².